The minimum Gasteiger partial charge on any atom is -0.381 e. The second-order valence-corrected chi connectivity index (χ2v) is 7.75. The fourth-order valence-electron chi connectivity index (χ4n) is 3.51. The average Bonchev–Trinajstić information content (AvgIpc) is 2.69. The van der Waals surface area contributed by atoms with E-state index >= 15 is 0 Å². The van der Waals surface area contributed by atoms with E-state index in [1.54, 1.807) is 12.4 Å². The molecule has 0 radical (unpaired) electrons. The molecule has 0 amide bonds. The van der Waals surface area contributed by atoms with Gasteiger partial charge in [-0.05, 0) is 55.7 Å². The van der Waals surface area contributed by atoms with Crippen molar-refractivity contribution in [2.24, 2.45) is 0 Å². The second kappa shape index (κ2) is 9.71. The van der Waals surface area contributed by atoms with E-state index in [0.29, 0.717) is 19.1 Å². The number of hydrogen-bond donors (Lipinski definition) is 3. The van der Waals surface area contributed by atoms with Crippen LogP contribution in [0.2, 0.25) is 0 Å². The maximum atomic E-state index is 11.6. The van der Waals surface area contributed by atoms with Gasteiger partial charge in [0.05, 0.1) is 17.1 Å². The van der Waals surface area contributed by atoms with E-state index in [2.05, 4.69) is 15.6 Å². The molecule has 1 unspecified atom stereocenters. The third-order valence-corrected chi connectivity index (χ3v) is 5.81. The number of hydrogen-bond acceptors (Lipinski definition) is 4. The Labute approximate surface area is 163 Å². The number of pyridine rings is 1. The third kappa shape index (κ3) is 5.43. The predicted octanol–water partition coefficient (Wildman–Crippen LogP) is 4.40. The zero-order chi connectivity index (χ0) is 19.1. The van der Waals surface area contributed by atoms with Gasteiger partial charge in [-0.25, -0.2) is 4.21 Å². The van der Waals surface area contributed by atoms with Crippen molar-refractivity contribution in [1.29, 1.82) is 0 Å². The van der Waals surface area contributed by atoms with Gasteiger partial charge in [0, 0.05) is 31.5 Å². The first-order valence-corrected chi connectivity index (χ1v) is 10.7. The standard InChI is InChI=1S/C20H28N4O2S/c1-2-24(27(25)26)18-8-9-19(23-17-6-4-3-5-7-17)20(14-18)22-15-16-10-12-21-13-11-16/h8-14,17,22-23H,2-7,15H2,1H3,(H,25,26). The molecule has 146 valence electrons. The largest absolute Gasteiger partial charge is 0.381 e. The van der Waals surface area contributed by atoms with Crippen molar-refractivity contribution in [3.05, 3.63) is 48.3 Å². The zero-order valence-corrected chi connectivity index (χ0v) is 16.5. The van der Waals surface area contributed by atoms with Crippen molar-refractivity contribution < 1.29 is 8.76 Å². The quantitative estimate of drug-likeness (QED) is 0.584. The summed E-state index contributed by atoms with van der Waals surface area (Å²) < 4.78 is 22.6. The van der Waals surface area contributed by atoms with Gasteiger partial charge >= 0.3 is 0 Å². The first kappa shape index (κ1) is 19.6. The van der Waals surface area contributed by atoms with E-state index in [9.17, 15) is 8.76 Å². The van der Waals surface area contributed by atoms with Gasteiger partial charge in [0.1, 0.15) is 0 Å². The molecule has 1 fully saturated rings. The first-order valence-electron chi connectivity index (χ1n) is 9.59. The Morgan fingerprint density at radius 1 is 1.15 bits per heavy atom. The van der Waals surface area contributed by atoms with Crippen molar-refractivity contribution in [3.63, 3.8) is 0 Å². The van der Waals surface area contributed by atoms with Crippen LogP contribution in [0.15, 0.2) is 42.7 Å². The van der Waals surface area contributed by atoms with E-state index < -0.39 is 11.3 Å². The summed E-state index contributed by atoms with van der Waals surface area (Å²) in [5.41, 5.74) is 3.85. The Kier molecular flexibility index (Phi) is 7.06. The van der Waals surface area contributed by atoms with Crippen LogP contribution in [0.25, 0.3) is 0 Å². The van der Waals surface area contributed by atoms with Crippen LogP contribution in [-0.2, 0) is 17.8 Å². The molecule has 0 bridgehead atoms. The van der Waals surface area contributed by atoms with Gasteiger partial charge in [0.25, 0.3) is 11.3 Å². The molecule has 1 aliphatic rings. The normalized spacial score (nSPS) is 15.9. The molecule has 3 rings (SSSR count). The van der Waals surface area contributed by atoms with Crippen LogP contribution in [0.5, 0.6) is 0 Å². The number of anilines is 3. The summed E-state index contributed by atoms with van der Waals surface area (Å²) in [4.78, 5) is 4.05. The zero-order valence-electron chi connectivity index (χ0n) is 15.7. The summed E-state index contributed by atoms with van der Waals surface area (Å²) in [5.74, 6) is 0. The lowest BCUT2D eigenvalue weighted by atomic mass is 9.95. The lowest BCUT2D eigenvalue weighted by molar-refractivity contribution is 0.463. The van der Waals surface area contributed by atoms with Gasteiger partial charge < -0.3 is 10.6 Å². The Morgan fingerprint density at radius 2 is 1.89 bits per heavy atom. The second-order valence-electron chi connectivity index (χ2n) is 6.84. The van der Waals surface area contributed by atoms with Crippen LogP contribution in [0.4, 0.5) is 17.1 Å². The highest BCUT2D eigenvalue weighted by Gasteiger charge is 2.17. The minimum atomic E-state index is -2.04. The summed E-state index contributed by atoms with van der Waals surface area (Å²) >= 11 is -2.04. The molecule has 3 N–H and O–H groups in total. The molecule has 0 aliphatic heterocycles. The average molecular weight is 389 g/mol. The molecule has 0 saturated heterocycles. The Hall–Kier alpha value is -2.12. The smallest absolute Gasteiger partial charge is 0.261 e. The molecule has 1 aromatic carbocycles. The number of rotatable bonds is 8. The summed E-state index contributed by atoms with van der Waals surface area (Å²) in [6.45, 7) is 2.99. The Bertz CT molecular complexity index is 751. The molecular formula is C20H28N4O2S. The Balaban J connectivity index is 1.82. The van der Waals surface area contributed by atoms with Crippen LogP contribution >= 0.6 is 0 Å². The molecule has 1 heterocycles. The fraction of sp³-hybridized carbons (Fsp3) is 0.450. The van der Waals surface area contributed by atoms with Gasteiger partial charge in [-0.1, -0.05) is 19.3 Å². The third-order valence-electron chi connectivity index (χ3n) is 4.96. The fourth-order valence-corrected chi connectivity index (χ4v) is 4.02. The minimum absolute atomic E-state index is 0.461. The maximum Gasteiger partial charge on any atom is 0.261 e. The Morgan fingerprint density at radius 3 is 2.56 bits per heavy atom. The molecule has 2 aromatic rings. The highest BCUT2D eigenvalue weighted by molar-refractivity contribution is 7.80. The topological polar surface area (TPSA) is 77.5 Å². The predicted molar refractivity (Wildman–Crippen MR) is 112 cm³/mol. The van der Waals surface area contributed by atoms with E-state index in [1.807, 2.05) is 37.3 Å². The molecular weight excluding hydrogens is 360 g/mol. The van der Waals surface area contributed by atoms with Crippen LogP contribution in [0.3, 0.4) is 0 Å². The monoisotopic (exact) mass is 388 g/mol. The van der Waals surface area contributed by atoms with Crippen molar-refractivity contribution in [3.8, 4) is 0 Å². The maximum absolute atomic E-state index is 11.6. The first-order chi connectivity index (χ1) is 13.2. The molecule has 0 spiro atoms. The molecule has 7 heteroatoms. The molecule has 1 atom stereocenters. The van der Waals surface area contributed by atoms with E-state index in [1.165, 1.54) is 36.4 Å². The molecule has 6 nitrogen and oxygen atoms in total. The highest BCUT2D eigenvalue weighted by atomic mass is 32.2. The van der Waals surface area contributed by atoms with E-state index in [4.69, 9.17) is 0 Å². The summed E-state index contributed by atoms with van der Waals surface area (Å²) in [6.07, 6.45) is 9.79. The van der Waals surface area contributed by atoms with Crippen LogP contribution in [0.1, 0.15) is 44.6 Å². The summed E-state index contributed by atoms with van der Waals surface area (Å²) in [5, 5.41) is 7.15. The van der Waals surface area contributed by atoms with Crippen LogP contribution < -0.4 is 14.9 Å². The summed E-state index contributed by atoms with van der Waals surface area (Å²) in [6, 6.07) is 10.3. The summed E-state index contributed by atoms with van der Waals surface area (Å²) in [7, 11) is 0. The highest BCUT2D eigenvalue weighted by Crippen LogP contribution is 2.31. The van der Waals surface area contributed by atoms with Gasteiger partial charge in [-0.2, -0.15) is 0 Å². The van der Waals surface area contributed by atoms with E-state index in [0.717, 1.165) is 22.6 Å². The van der Waals surface area contributed by atoms with Gasteiger partial charge in [-0.15, -0.1) is 0 Å². The number of nitrogens with zero attached hydrogens (tertiary/aromatic N) is 2. The number of nitrogens with one attached hydrogen (secondary N) is 2. The van der Waals surface area contributed by atoms with Gasteiger partial charge in [0.2, 0.25) is 0 Å². The SMILES string of the molecule is CCN(c1ccc(NC2CCCCC2)c(NCc2ccncc2)c1)S(=O)O. The van der Waals surface area contributed by atoms with Crippen LogP contribution in [-0.4, -0.2) is 26.3 Å². The molecule has 1 aromatic heterocycles. The van der Waals surface area contributed by atoms with E-state index in [-0.39, 0.29) is 0 Å². The van der Waals surface area contributed by atoms with Crippen molar-refractivity contribution in [2.45, 2.75) is 51.6 Å². The van der Waals surface area contributed by atoms with Gasteiger partial charge in [-0.3, -0.25) is 13.8 Å². The molecule has 27 heavy (non-hydrogen) atoms. The van der Waals surface area contributed by atoms with Crippen LogP contribution in [0, 0.1) is 0 Å². The number of aromatic nitrogens is 1. The van der Waals surface area contributed by atoms with Gasteiger partial charge in [0.15, 0.2) is 0 Å². The van der Waals surface area contributed by atoms with Crippen molar-refractivity contribution >= 4 is 28.3 Å². The lowest BCUT2D eigenvalue weighted by Gasteiger charge is -2.26. The van der Waals surface area contributed by atoms with Crippen molar-refractivity contribution in [1.82, 2.24) is 4.98 Å². The molecule has 1 saturated carbocycles. The van der Waals surface area contributed by atoms with Crippen molar-refractivity contribution in [2.75, 3.05) is 21.5 Å². The molecule has 1 aliphatic carbocycles. The number of benzene rings is 1. The lowest BCUT2D eigenvalue weighted by Crippen LogP contribution is -2.25.